The number of nitrogens with two attached hydrogens (primary N) is 1. The van der Waals surface area contributed by atoms with Gasteiger partial charge in [0.15, 0.2) is 0 Å². The van der Waals surface area contributed by atoms with Crippen molar-refractivity contribution in [3.63, 3.8) is 0 Å². The van der Waals surface area contributed by atoms with E-state index >= 15 is 0 Å². The Balaban J connectivity index is 2.05. The Bertz CT molecular complexity index is 760. The van der Waals surface area contributed by atoms with Crippen LogP contribution < -0.4 is 10.5 Å². The predicted octanol–water partition coefficient (Wildman–Crippen LogP) is 2.51. The molecule has 0 amide bonds. The number of benzene rings is 1. The van der Waals surface area contributed by atoms with E-state index < -0.39 is 14.9 Å². The van der Waals surface area contributed by atoms with Gasteiger partial charge in [0.2, 0.25) is 10.0 Å². The maximum atomic E-state index is 11.2. The first-order valence-corrected chi connectivity index (χ1v) is 9.50. The van der Waals surface area contributed by atoms with Gasteiger partial charge in [0, 0.05) is 18.4 Å². The molecule has 10 heteroatoms. The molecule has 0 aliphatic rings. The van der Waals surface area contributed by atoms with Crippen molar-refractivity contribution in [2.45, 2.75) is 9.10 Å². The Morgan fingerprint density at radius 3 is 2.73 bits per heavy atom. The number of rotatable bonds is 7. The van der Waals surface area contributed by atoms with E-state index in [1.165, 1.54) is 16.3 Å². The van der Waals surface area contributed by atoms with Gasteiger partial charge in [-0.15, -0.1) is 23.1 Å². The first kappa shape index (κ1) is 16.7. The van der Waals surface area contributed by atoms with E-state index in [-0.39, 0.29) is 16.3 Å². The number of thiophene rings is 1. The van der Waals surface area contributed by atoms with Crippen LogP contribution in [0, 0.1) is 10.1 Å². The van der Waals surface area contributed by atoms with E-state index in [0.717, 1.165) is 11.8 Å². The van der Waals surface area contributed by atoms with E-state index in [1.807, 2.05) is 17.5 Å². The third kappa shape index (κ3) is 4.44. The van der Waals surface area contributed by atoms with Crippen LogP contribution in [0.15, 0.2) is 44.8 Å². The minimum atomic E-state index is -3.97. The lowest BCUT2D eigenvalue weighted by molar-refractivity contribution is -0.384. The third-order valence-corrected chi connectivity index (χ3v) is 5.70. The van der Waals surface area contributed by atoms with Crippen molar-refractivity contribution >= 4 is 44.5 Å². The molecule has 1 heterocycles. The van der Waals surface area contributed by atoms with Gasteiger partial charge in [-0.1, -0.05) is 6.07 Å². The molecular formula is C12H13N3O4S3. The number of anilines is 1. The largest absolute Gasteiger partial charge is 0.379 e. The van der Waals surface area contributed by atoms with Gasteiger partial charge in [0.1, 0.15) is 5.69 Å². The summed E-state index contributed by atoms with van der Waals surface area (Å²) in [5, 5.41) is 20.9. The molecule has 2 rings (SSSR count). The van der Waals surface area contributed by atoms with Gasteiger partial charge < -0.3 is 5.32 Å². The zero-order chi connectivity index (χ0) is 16.2. The van der Waals surface area contributed by atoms with Gasteiger partial charge >= 0.3 is 0 Å². The van der Waals surface area contributed by atoms with Crippen LogP contribution in [0.5, 0.6) is 0 Å². The lowest BCUT2D eigenvalue weighted by atomic mass is 10.2. The minimum absolute atomic E-state index is 0.268. The van der Waals surface area contributed by atoms with Gasteiger partial charge in [-0.3, -0.25) is 10.1 Å². The van der Waals surface area contributed by atoms with Crippen LogP contribution in [0.2, 0.25) is 0 Å². The van der Waals surface area contributed by atoms with Crippen LogP contribution >= 0.6 is 23.1 Å². The Labute approximate surface area is 135 Å². The Morgan fingerprint density at radius 1 is 1.36 bits per heavy atom. The zero-order valence-corrected chi connectivity index (χ0v) is 13.7. The second-order valence-electron chi connectivity index (χ2n) is 4.19. The molecule has 1 aromatic heterocycles. The first-order valence-electron chi connectivity index (χ1n) is 6.09. The van der Waals surface area contributed by atoms with Gasteiger partial charge in [-0.25, -0.2) is 13.6 Å². The molecule has 1 aromatic carbocycles. The molecule has 0 aliphatic carbocycles. The summed E-state index contributed by atoms with van der Waals surface area (Å²) < 4.78 is 23.7. The number of sulfonamides is 1. The standard InChI is InChI=1S/C12H13N3O4S3/c13-22(18,19)9-3-4-10(11(8-9)15(16)17)14-5-7-21-12-2-1-6-20-12/h1-4,6,8,14H,5,7H2,(H2,13,18,19). The monoisotopic (exact) mass is 359 g/mol. The summed E-state index contributed by atoms with van der Waals surface area (Å²) in [6.07, 6.45) is 0. The van der Waals surface area contributed by atoms with Crippen molar-refractivity contribution in [2.75, 3.05) is 17.6 Å². The fourth-order valence-electron chi connectivity index (χ4n) is 1.67. The molecule has 22 heavy (non-hydrogen) atoms. The highest BCUT2D eigenvalue weighted by molar-refractivity contribution is 8.01. The average molecular weight is 359 g/mol. The highest BCUT2D eigenvalue weighted by Gasteiger charge is 2.18. The van der Waals surface area contributed by atoms with E-state index in [2.05, 4.69) is 5.32 Å². The van der Waals surface area contributed by atoms with Crippen molar-refractivity contribution in [1.82, 2.24) is 0 Å². The molecule has 0 fully saturated rings. The molecule has 0 aliphatic heterocycles. The molecule has 118 valence electrons. The lowest BCUT2D eigenvalue weighted by Gasteiger charge is -2.07. The van der Waals surface area contributed by atoms with Gasteiger partial charge in [0.25, 0.3) is 5.69 Å². The lowest BCUT2D eigenvalue weighted by Crippen LogP contribution is -2.13. The number of nitro groups is 1. The van der Waals surface area contributed by atoms with E-state index in [9.17, 15) is 18.5 Å². The average Bonchev–Trinajstić information content (AvgIpc) is 2.95. The molecule has 0 saturated carbocycles. The van der Waals surface area contributed by atoms with Crippen molar-refractivity contribution in [3.05, 3.63) is 45.8 Å². The summed E-state index contributed by atoms with van der Waals surface area (Å²) in [5.41, 5.74) is -0.0446. The molecule has 7 nitrogen and oxygen atoms in total. The number of thioether (sulfide) groups is 1. The van der Waals surface area contributed by atoms with Crippen molar-refractivity contribution < 1.29 is 13.3 Å². The molecule has 0 saturated heterocycles. The fourth-order valence-corrected chi connectivity index (χ4v) is 3.92. The third-order valence-electron chi connectivity index (χ3n) is 2.65. The summed E-state index contributed by atoms with van der Waals surface area (Å²) in [4.78, 5) is 10.1. The number of primary sulfonamides is 1. The van der Waals surface area contributed by atoms with Crippen LogP contribution in [-0.4, -0.2) is 25.6 Å². The zero-order valence-electron chi connectivity index (χ0n) is 11.3. The molecule has 0 spiro atoms. The maximum Gasteiger partial charge on any atom is 0.293 e. The number of hydrogen-bond donors (Lipinski definition) is 2. The number of nitro benzene ring substituents is 1. The normalized spacial score (nSPS) is 11.3. The van der Waals surface area contributed by atoms with Crippen LogP contribution in [0.4, 0.5) is 11.4 Å². The second-order valence-corrected chi connectivity index (χ2v) is 8.09. The van der Waals surface area contributed by atoms with Crippen LogP contribution in [0.3, 0.4) is 0 Å². The SMILES string of the molecule is NS(=O)(=O)c1ccc(NCCSc2cccs2)c([N+](=O)[O-])c1. The van der Waals surface area contributed by atoms with E-state index in [0.29, 0.717) is 6.54 Å². The topological polar surface area (TPSA) is 115 Å². The quantitative estimate of drug-likeness (QED) is 0.340. The smallest absolute Gasteiger partial charge is 0.293 e. The highest BCUT2D eigenvalue weighted by Crippen LogP contribution is 2.28. The maximum absolute atomic E-state index is 11.2. The Hall–Kier alpha value is -1.62. The fraction of sp³-hybridized carbons (Fsp3) is 0.167. The molecular weight excluding hydrogens is 346 g/mol. The van der Waals surface area contributed by atoms with E-state index in [1.54, 1.807) is 23.1 Å². The summed E-state index contributed by atoms with van der Waals surface area (Å²) in [5.74, 6) is 0.731. The van der Waals surface area contributed by atoms with Crippen LogP contribution in [0.1, 0.15) is 0 Å². The number of hydrogen-bond acceptors (Lipinski definition) is 7. The molecule has 0 unspecified atom stereocenters. The number of nitrogens with zero attached hydrogens (tertiary/aromatic N) is 1. The summed E-state index contributed by atoms with van der Waals surface area (Å²) >= 11 is 3.27. The molecule has 3 N–H and O–H groups in total. The van der Waals surface area contributed by atoms with Crippen molar-refractivity contribution in [1.29, 1.82) is 0 Å². The van der Waals surface area contributed by atoms with Crippen LogP contribution in [-0.2, 0) is 10.0 Å². The summed E-state index contributed by atoms with van der Waals surface area (Å²) in [6, 6.07) is 7.52. The molecule has 2 aromatic rings. The van der Waals surface area contributed by atoms with Crippen LogP contribution in [0.25, 0.3) is 0 Å². The Kier molecular flexibility index (Phi) is 5.40. The van der Waals surface area contributed by atoms with Crippen molar-refractivity contribution in [2.24, 2.45) is 5.14 Å². The molecule has 0 atom stereocenters. The highest BCUT2D eigenvalue weighted by atomic mass is 32.2. The first-order chi connectivity index (χ1) is 10.4. The van der Waals surface area contributed by atoms with Gasteiger partial charge in [-0.05, 0) is 23.6 Å². The molecule has 0 bridgehead atoms. The number of nitrogens with one attached hydrogen (secondary N) is 1. The summed E-state index contributed by atoms with van der Waals surface area (Å²) in [7, 11) is -3.97. The minimum Gasteiger partial charge on any atom is -0.379 e. The summed E-state index contributed by atoms with van der Waals surface area (Å²) in [6.45, 7) is 0.512. The second kappa shape index (κ2) is 7.09. The Morgan fingerprint density at radius 2 is 2.14 bits per heavy atom. The van der Waals surface area contributed by atoms with Gasteiger partial charge in [-0.2, -0.15) is 0 Å². The van der Waals surface area contributed by atoms with E-state index in [4.69, 9.17) is 5.14 Å². The van der Waals surface area contributed by atoms with Gasteiger partial charge in [0.05, 0.1) is 14.0 Å². The predicted molar refractivity (Wildman–Crippen MR) is 88.0 cm³/mol. The van der Waals surface area contributed by atoms with Crippen molar-refractivity contribution in [3.8, 4) is 0 Å². The molecule has 0 radical (unpaired) electrons.